The van der Waals surface area contributed by atoms with Crippen molar-refractivity contribution in [1.82, 2.24) is 4.90 Å². The SMILES string of the molecule is CC(C)(C)OC(=O)N1CCc2ccc(F)c(NC3CCOC3)c2C1. The van der Waals surface area contributed by atoms with Gasteiger partial charge < -0.3 is 19.7 Å². The number of hydrogen-bond acceptors (Lipinski definition) is 4. The topological polar surface area (TPSA) is 50.8 Å². The molecule has 1 unspecified atom stereocenters. The third-order valence-corrected chi connectivity index (χ3v) is 4.29. The third-order valence-electron chi connectivity index (χ3n) is 4.29. The van der Waals surface area contributed by atoms with Crippen LogP contribution in [0.25, 0.3) is 0 Å². The highest BCUT2D eigenvalue weighted by molar-refractivity contribution is 5.70. The van der Waals surface area contributed by atoms with E-state index in [4.69, 9.17) is 9.47 Å². The Morgan fingerprint density at radius 2 is 2.21 bits per heavy atom. The number of carbonyl (C=O) groups excluding carboxylic acids is 1. The maximum atomic E-state index is 14.4. The van der Waals surface area contributed by atoms with Crippen LogP contribution in [-0.4, -0.2) is 42.4 Å². The van der Waals surface area contributed by atoms with Crippen LogP contribution in [0.15, 0.2) is 12.1 Å². The van der Waals surface area contributed by atoms with Crippen molar-refractivity contribution in [2.45, 2.75) is 51.8 Å². The lowest BCUT2D eigenvalue weighted by Gasteiger charge is -2.32. The fourth-order valence-corrected chi connectivity index (χ4v) is 3.09. The Kier molecular flexibility index (Phi) is 4.67. The fourth-order valence-electron chi connectivity index (χ4n) is 3.09. The molecule has 1 aromatic carbocycles. The number of ether oxygens (including phenoxy) is 2. The lowest BCUT2D eigenvalue weighted by atomic mass is 9.97. The van der Waals surface area contributed by atoms with E-state index in [2.05, 4.69) is 5.32 Å². The van der Waals surface area contributed by atoms with Crippen LogP contribution in [0.5, 0.6) is 0 Å². The quantitative estimate of drug-likeness (QED) is 0.900. The predicted molar refractivity (Wildman–Crippen MR) is 89.6 cm³/mol. The number of benzene rings is 1. The van der Waals surface area contributed by atoms with Gasteiger partial charge in [-0.2, -0.15) is 0 Å². The first-order chi connectivity index (χ1) is 11.3. The first-order valence-corrected chi connectivity index (χ1v) is 8.46. The number of nitrogens with one attached hydrogen (secondary N) is 1. The molecule has 6 heteroatoms. The minimum atomic E-state index is -0.540. The van der Waals surface area contributed by atoms with Crippen molar-refractivity contribution in [3.8, 4) is 0 Å². The Morgan fingerprint density at radius 3 is 2.88 bits per heavy atom. The Hall–Kier alpha value is -1.82. The van der Waals surface area contributed by atoms with Gasteiger partial charge in [0.1, 0.15) is 11.4 Å². The molecule has 3 rings (SSSR count). The zero-order valence-corrected chi connectivity index (χ0v) is 14.5. The summed E-state index contributed by atoms with van der Waals surface area (Å²) in [5, 5.41) is 3.27. The largest absolute Gasteiger partial charge is 0.444 e. The molecule has 5 nitrogen and oxygen atoms in total. The van der Waals surface area contributed by atoms with Crippen molar-refractivity contribution in [3.05, 3.63) is 29.1 Å². The van der Waals surface area contributed by atoms with Gasteiger partial charge in [0.05, 0.1) is 24.9 Å². The van der Waals surface area contributed by atoms with Gasteiger partial charge in [-0.3, -0.25) is 0 Å². The lowest BCUT2D eigenvalue weighted by molar-refractivity contribution is 0.0224. The summed E-state index contributed by atoms with van der Waals surface area (Å²) < 4.78 is 25.2. The zero-order valence-electron chi connectivity index (χ0n) is 14.5. The standard InChI is InChI=1S/C18H25FN2O3/c1-18(2,3)24-17(22)21-8-6-12-4-5-15(19)16(14(12)10-21)20-13-7-9-23-11-13/h4-5,13,20H,6-11H2,1-3H3. The second-order valence-electron chi connectivity index (χ2n) is 7.42. The van der Waals surface area contributed by atoms with Gasteiger partial charge in [0.2, 0.25) is 0 Å². The second-order valence-corrected chi connectivity index (χ2v) is 7.42. The Bertz CT molecular complexity index is 621. The highest BCUT2D eigenvalue weighted by Crippen LogP contribution is 2.31. The van der Waals surface area contributed by atoms with Gasteiger partial charge in [-0.05, 0) is 45.2 Å². The summed E-state index contributed by atoms with van der Waals surface area (Å²) in [5.41, 5.74) is 1.88. The van der Waals surface area contributed by atoms with E-state index in [0.29, 0.717) is 38.4 Å². The van der Waals surface area contributed by atoms with Crippen LogP contribution in [0, 0.1) is 5.82 Å². The summed E-state index contributed by atoms with van der Waals surface area (Å²) in [4.78, 5) is 14.0. The van der Waals surface area contributed by atoms with E-state index in [1.54, 1.807) is 4.90 Å². The summed E-state index contributed by atoms with van der Waals surface area (Å²) in [6.45, 7) is 7.75. The summed E-state index contributed by atoms with van der Waals surface area (Å²) >= 11 is 0. The summed E-state index contributed by atoms with van der Waals surface area (Å²) in [7, 11) is 0. The first kappa shape index (κ1) is 17.0. The minimum Gasteiger partial charge on any atom is -0.444 e. The molecule has 1 saturated heterocycles. The summed E-state index contributed by atoms with van der Waals surface area (Å²) in [6.07, 6.45) is 1.21. The third kappa shape index (κ3) is 3.80. The molecule has 0 spiro atoms. The average Bonchev–Trinajstić information content (AvgIpc) is 3.01. The van der Waals surface area contributed by atoms with Crippen LogP contribution in [0.2, 0.25) is 0 Å². The smallest absolute Gasteiger partial charge is 0.410 e. The van der Waals surface area contributed by atoms with Crippen molar-refractivity contribution in [1.29, 1.82) is 0 Å². The van der Waals surface area contributed by atoms with Crippen LogP contribution in [-0.2, 0) is 22.4 Å². The lowest BCUT2D eigenvalue weighted by Crippen LogP contribution is -2.40. The van der Waals surface area contributed by atoms with E-state index in [1.165, 1.54) is 6.07 Å². The number of anilines is 1. The van der Waals surface area contributed by atoms with Crippen LogP contribution in [0.3, 0.4) is 0 Å². The first-order valence-electron chi connectivity index (χ1n) is 8.46. The number of fused-ring (bicyclic) bond motifs is 1. The van der Waals surface area contributed by atoms with Gasteiger partial charge in [0.25, 0.3) is 0 Å². The molecule has 1 amide bonds. The van der Waals surface area contributed by atoms with Crippen LogP contribution >= 0.6 is 0 Å². The molecule has 24 heavy (non-hydrogen) atoms. The van der Waals surface area contributed by atoms with Crippen LogP contribution in [0.4, 0.5) is 14.9 Å². The Balaban J connectivity index is 1.80. The molecule has 0 bridgehead atoms. The van der Waals surface area contributed by atoms with Gasteiger partial charge in [-0.15, -0.1) is 0 Å². The molecule has 1 fully saturated rings. The minimum absolute atomic E-state index is 0.114. The number of hydrogen-bond donors (Lipinski definition) is 1. The zero-order chi connectivity index (χ0) is 17.3. The molecule has 1 N–H and O–H groups in total. The normalized spacial score (nSPS) is 20.7. The van der Waals surface area contributed by atoms with Crippen molar-refractivity contribution >= 4 is 11.8 Å². The van der Waals surface area contributed by atoms with Gasteiger partial charge in [0.15, 0.2) is 0 Å². The molecule has 1 atom stereocenters. The molecule has 132 valence electrons. The Labute approximate surface area is 142 Å². The predicted octanol–water partition coefficient (Wildman–Crippen LogP) is 3.32. The van der Waals surface area contributed by atoms with Gasteiger partial charge in [0, 0.05) is 18.7 Å². The average molecular weight is 336 g/mol. The number of halogens is 1. The molecule has 0 radical (unpaired) electrons. The van der Waals surface area contributed by atoms with E-state index in [0.717, 1.165) is 17.5 Å². The van der Waals surface area contributed by atoms with Gasteiger partial charge >= 0.3 is 6.09 Å². The van der Waals surface area contributed by atoms with Crippen molar-refractivity contribution in [2.75, 3.05) is 25.1 Å². The maximum Gasteiger partial charge on any atom is 0.410 e. The molecule has 2 aliphatic heterocycles. The molecule has 0 aliphatic carbocycles. The summed E-state index contributed by atoms with van der Waals surface area (Å²) in [5.74, 6) is -0.285. The number of rotatable bonds is 2. The van der Waals surface area contributed by atoms with Crippen LogP contribution < -0.4 is 5.32 Å². The second kappa shape index (κ2) is 6.59. The molecule has 0 saturated carbocycles. The van der Waals surface area contributed by atoms with Gasteiger partial charge in [-0.25, -0.2) is 9.18 Å². The van der Waals surface area contributed by atoms with E-state index in [1.807, 2.05) is 26.8 Å². The molecule has 2 aliphatic rings. The van der Waals surface area contributed by atoms with E-state index in [-0.39, 0.29) is 18.0 Å². The monoisotopic (exact) mass is 336 g/mol. The van der Waals surface area contributed by atoms with Crippen molar-refractivity contribution < 1.29 is 18.7 Å². The van der Waals surface area contributed by atoms with E-state index >= 15 is 0 Å². The van der Waals surface area contributed by atoms with Crippen LogP contribution in [0.1, 0.15) is 38.3 Å². The number of carbonyl (C=O) groups is 1. The number of amides is 1. The fraction of sp³-hybridized carbons (Fsp3) is 0.611. The van der Waals surface area contributed by atoms with Crippen molar-refractivity contribution in [3.63, 3.8) is 0 Å². The molecule has 2 heterocycles. The highest BCUT2D eigenvalue weighted by Gasteiger charge is 2.29. The molecular weight excluding hydrogens is 311 g/mol. The van der Waals surface area contributed by atoms with E-state index < -0.39 is 5.60 Å². The Morgan fingerprint density at radius 1 is 1.42 bits per heavy atom. The molecule has 1 aromatic rings. The van der Waals surface area contributed by atoms with Gasteiger partial charge in [-0.1, -0.05) is 6.07 Å². The molecule has 0 aromatic heterocycles. The van der Waals surface area contributed by atoms with Crippen molar-refractivity contribution in [2.24, 2.45) is 0 Å². The summed E-state index contributed by atoms with van der Waals surface area (Å²) in [6, 6.07) is 3.43. The molecular formula is C18H25FN2O3. The maximum absolute atomic E-state index is 14.4. The number of nitrogens with zero attached hydrogens (tertiary/aromatic N) is 1. The van der Waals surface area contributed by atoms with E-state index in [9.17, 15) is 9.18 Å². The highest BCUT2D eigenvalue weighted by atomic mass is 19.1.